The molecule has 0 N–H and O–H groups in total. The number of halogens is 4. The Morgan fingerprint density at radius 3 is 2.60 bits per heavy atom. The second-order valence-electron chi connectivity index (χ2n) is 2.98. The summed E-state index contributed by atoms with van der Waals surface area (Å²) in [5, 5.41) is 0.517. The third-order valence-electron chi connectivity index (χ3n) is 1.68. The molecule has 1 rings (SSSR count). The SMILES string of the molecule is C=C(CSc1cccc(Cl)c1)[B-](F)(F)F. The van der Waals surface area contributed by atoms with E-state index in [0.717, 1.165) is 11.8 Å². The molecule has 0 aliphatic carbocycles. The van der Waals surface area contributed by atoms with Crippen LogP contribution in [0.4, 0.5) is 12.9 Å². The molecule has 0 bridgehead atoms. The summed E-state index contributed by atoms with van der Waals surface area (Å²) in [5.74, 6) is -0.149. The van der Waals surface area contributed by atoms with Gasteiger partial charge in [0.15, 0.2) is 0 Å². The minimum absolute atomic E-state index is 0.149. The molecule has 0 saturated heterocycles. The van der Waals surface area contributed by atoms with Gasteiger partial charge in [-0.25, -0.2) is 0 Å². The highest BCUT2D eigenvalue weighted by atomic mass is 35.5. The van der Waals surface area contributed by atoms with Gasteiger partial charge in [0.2, 0.25) is 0 Å². The van der Waals surface area contributed by atoms with Crippen LogP contribution in [0.5, 0.6) is 0 Å². The van der Waals surface area contributed by atoms with Crippen molar-refractivity contribution >= 4 is 30.3 Å². The van der Waals surface area contributed by atoms with Crippen molar-refractivity contribution in [3.63, 3.8) is 0 Å². The second-order valence-corrected chi connectivity index (χ2v) is 4.46. The van der Waals surface area contributed by atoms with Gasteiger partial charge < -0.3 is 12.9 Å². The standard InChI is InChI=1S/C9H8BClF3S/c1-7(10(12,13)14)6-15-9-4-2-3-8(11)5-9/h2-5H,1,6H2/q-1. The van der Waals surface area contributed by atoms with E-state index < -0.39 is 12.4 Å². The number of hydrogen-bond donors (Lipinski definition) is 0. The summed E-state index contributed by atoms with van der Waals surface area (Å²) in [6.45, 7) is -1.91. The van der Waals surface area contributed by atoms with E-state index in [1.54, 1.807) is 24.3 Å². The first kappa shape index (κ1) is 12.5. The Morgan fingerprint density at radius 2 is 2.07 bits per heavy atom. The molecule has 0 amide bonds. The summed E-state index contributed by atoms with van der Waals surface area (Å²) in [6, 6.07) is 6.72. The predicted octanol–water partition coefficient (Wildman–Crippen LogP) is 4.37. The number of hydrogen-bond acceptors (Lipinski definition) is 1. The maximum atomic E-state index is 12.2. The minimum atomic E-state index is -4.93. The zero-order valence-corrected chi connectivity index (χ0v) is 9.29. The van der Waals surface area contributed by atoms with Crippen molar-refractivity contribution in [2.24, 2.45) is 0 Å². The quantitative estimate of drug-likeness (QED) is 0.565. The Bertz CT molecular complexity index is 365. The molecule has 0 aliphatic rings. The van der Waals surface area contributed by atoms with E-state index in [-0.39, 0.29) is 5.75 Å². The molecule has 0 unspecified atom stereocenters. The first-order valence-corrected chi connectivity index (χ1v) is 5.52. The van der Waals surface area contributed by atoms with Crippen LogP contribution in [0.3, 0.4) is 0 Å². The van der Waals surface area contributed by atoms with Crippen LogP contribution in [0.15, 0.2) is 41.2 Å². The average molecular weight is 251 g/mol. The van der Waals surface area contributed by atoms with E-state index in [2.05, 4.69) is 6.58 Å². The summed E-state index contributed by atoms with van der Waals surface area (Å²) in [6.07, 6.45) is 0. The van der Waals surface area contributed by atoms with Crippen LogP contribution in [0.2, 0.25) is 5.02 Å². The van der Waals surface area contributed by atoms with Gasteiger partial charge in [-0.15, -0.1) is 23.8 Å². The van der Waals surface area contributed by atoms with Crippen molar-refractivity contribution in [1.82, 2.24) is 0 Å². The highest BCUT2D eigenvalue weighted by Gasteiger charge is 2.26. The highest BCUT2D eigenvalue weighted by Crippen LogP contribution is 2.27. The molecule has 15 heavy (non-hydrogen) atoms. The maximum Gasteiger partial charge on any atom is 0.505 e. The van der Waals surface area contributed by atoms with Gasteiger partial charge in [0.05, 0.1) is 0 Å². The van der Waals surface area contributed by atoms with Crippen molar-refractivity contribution in [2.75, 3.05) is 5.75 Å². The zero-order chi connectivity index (χ0) is 11.5. The van der Waals surface area contributed by atoms with Crippen LogP contribution in [0, 0.1) is 0 Å². The third-order valence-corrected chi connectivity index (χ3v) is 3.02. The molecule has 0 radical (unpaired) electrons. The van der Waals surface area contributed by atoms with E-state index in [9.17, 15) is 12.9 Å². The first-order chi connectivity index (χ1) is 6.89. The second kappa shape index (κ2) is 4.99. The van der Waals surface area contributed by atoms with Crippen molar-refractivity contribution < 1.29 is 12.9 Å². The minimum Gasteiger partial charge on any atom is -0.445 e. The lowest BCUT2D eigenvalue weighted by atomic mass is 9.82. The van der Waals surface area contributed by atoms with Crippen molar-refractivity contribution in [2.45, 2.75) is 4.90 Å². The van der Waals surface area contributed by atoms with Gasteiger partial charge >= 0.3 is 6.98 Å². The summed E-state index contributed by atoms with van der Waals surface area (Å²) in [7, 11) is 0. The number of benzene rings is 1. The fourth-order valence-electron chi connectivity index (χ4n) is 0.827. The Balaban J connectivity index is 2.55. The first-order valence-electron chi connectivity index (χ1n) is 4.15. The molecule has 0 heterocycles. The zero-order valence-electron chi connectivity index (χ0n) is 7.72. The van der Waals surface area contributed by atoms with Gasteiger partial charge in [0.25, 0.3) is 0 Å². The summed E-state index contributed by atoms with van der Waals surface area (Å²) in [4.78, 5) is 0.712. The Labute approximate surface area is 95.6 Å². The maximum absolute atomic E-state index is 12.2. The molecule has 0 spiro atoms. The summed E-state index contributed by atoms with van der Waals surface area (Å²) < 4.78 is 36.5. The van der Waals surface area contributed by atoms with Crippen molar-refractivity contribution in [1.29, 1.82) is 0 Å². The fraction of sp³-hybridized carbons (Fsp3) is 0.111. The van der Waals surface area contributed by atoms with Gasteiger partial charge in [-0.1, -0.05) is 17.7 Å². The Morgan fingerprint density at radius 1 is 1.40 bits per heavy atom. The third kappa shape index (κ3) is 4.22. The van der Waals surface area contributed by atoms with Crippen LogP contribution in [-0.4, -0.2) is 12.7 Å². The van der Waals surface area contributed by atoms with E-state index in [0.29, 0.717) is 9.92 Å². The van der Waals surface area contributed by atoms with Crippen LogP contribution < -0.4 is 0 Å². The lowest BCUT2D eigenvalue weighted by molar-refractivity contribution is 0.491. The highest BCUT2D eigenvalue weighted by molar-refractivity contribution is 7.99. The largest absolute Gasteiger partial charge is 0.505 e. The van der Waals surface area contributed by atoms with Gasteiger partial charge in [-0.05, 0) is 24.0 Å². The Kier molecular flexibility index (Phi) is 4.17. The topological polar surface area (TPSA) is 0 Å². The van der Waals surface area contributed by atoms with Crippen LogP contribution in [-0.2, 0) is 0 Å². The smallest absolute Gasteiger partial charge is 0.445 e. The van der Waals surface area contributed by atoms with Crippen LogP contribution in [0.25, 0.3) is 0 Å². The predicted molar refractivity (Wildman–Crippen MR) is 60.4 cm³/mol. The van der Waals surface area contributed by atoms with Crippen molar-refractivity contribution in [3.05, 3.63) is 41.3 Å². The fourth-order valence-corrected chi connectivity index (χ4v) is 2.01. The number of rotatable bonds is 4. The lowest BCUT2D eigenvalue weighted by Gasteiger charge is -2.17. The molecule has 1 aromatic rings. The molecular weight excluding hydrogens is 243 g/mol. The summed E-state index contributed by atoms with van der Waals surface area (Å²) >= 11 is 6.78. The molecule has 1 aromatic carbocycles. The average Bonchev–Trinajstić information content (AvgIpc) is 2.12. The van der Waals surface area contributed by atoms with Crippen LogP contribution in [0.1, 0.15) is 0 Å². The van der Waals surface area contributed by atoms with E-state index in [1.807, 2.05) is 0 Å². The molecule has 0 nitrogen and oxygen atoms in total. The van der Waals surface area contributed by atoms with Gasteiger partial charge in [0.1, 0.15) is 0 Å². The molecule has 0 aliphatic heterocycles. The Hall–Kier alpha value is -0.545. The molecular formula is C9H8BClF3S-. The molecule has 0 fully saturated rings. The molecule has 6 heteroatoms. The van der Waals surface area contributed by atoms with Crippen LogP contribution >= 0.6 is 23.4 Å². The lowest BCUT2D eigenvalue weighted by Crippen LogP contribution is -2.20. The monoisotopic (exact) mass is 251 g/mol. The van der Waals surface area contributed by atoms with Crippen molar-refractivity contribution in [3.8, 4) is 0 Å². The van der Waals surface area contributed by atoms with E-state index in [1.165, 1.54) is 0 Å². The van der Waals surface area contributed by atoms with E-state index >= 15 is 0 Å². The molecule has 0 aromatic heterocycles. The van der Waals surface area contributed by atoms with E-state index in [4.69, 9.17) is 11.6 Å². The van der Waals surface area contributed by atoms with Gasteiger partial charge in [-0.2, -0.15) is 0 Å². The number of thioether (sulfide) groups is 1. The van der Waals surface area contributed by atoms with Gasteiger partial charge in [0, 0.05) is 9.92 Å². The molecule has 0 atom stereocenters. The van der Waals surface area contributed by atoms with Gasteiger partial charge in [-0.3, -0.25) is 0 Å². The molecule has 0 saturated carbocycles. The molecule has 82 valence electrons. The normalized spacial score (nSPS) is 11.5. The summed E-state index contributed by atoms with van der Waals surface area (Å²) in [5.41, 5.74) is -0.681.